The number of benzene rings is 2. The Bertz CT molecular complexity index is 910. The first-order valence-electron chi connectivity index (χ1n) is 7.56. The van der Waals surface area contributed by atoms with Crippen LogP contribution in [0.3, 0.4) is 0 Å². The molecule has 0 aliphatic rings. The van der Waals surface area contributed by atoms with Gasteiger partial charge in [-0.05, 0) is 31.2 Å². The molecule has 0 aliphatic carbocycles. The Kier molecular flexibility index (Phi) is 5.83. The fraction of sp³-hybridized carbons (Fsp3) is 0.176. The van der Waals surface area contributed by atoms with Crippen molar-refractivity contribution in [2.45, 2.75) is 11.8 Å². The van der Waals surface area contributed by atoms with Crippen LogP contribution in [0.2, 0.25) is 0 Å². The fourth-order valence-corrected chi connectivity index (χ4v) is 3.12. The van der Waals surface area contributed by atoms with E-state index < -0.39 is 22.1 Å². The third-order valence-corrected chi connectivity index (χ3v) is 5.30. The van der Waals surface area contributed by atoms with Crippen LogP contribution in [0.1, 0.15) is 5.56 Å². The molecule has 2 aromatic rings. The van der Waals surface area contributed by atoms with Gasteiger partial charge in [0.15, 0.2) is 0 Å². The van der Waals surface area contributed by atoms with E-state index >= 15 is 0 Å². The van der Waals surface area contributed by atoms with Gasteiger partial charge in [0.25, 0.3) is 10.0 Å². The Morgan fingerprint density at radius 3 is 2.27 bits per heavy atom. The molecular formula is C17H19N3O5S. The summed E-state index contributed by atoms with van der Waals surface area (Å²) in [5.41, 5.74) is 1.22. The molecule has 4 amide bonds. The number of para-hydroxylation sites is 2. The summed E-state index contributed by atoms with van der Waals surface area (Å²) in [5.74, 6) is 0.399. The Hall–Kier alpha value is -3.07. The molecule has 0 fully saturated rings. The predicted octanol–water partition coefficient (Wildman–Crippen LogP) is 2.57. The number of hydrogen-bond acceptors (Lipinski definition) is 5. The van der Waals surface area contributed by atoms with Crippen LogP contribution in [-0.2, 0) is 10.0 Å². The molecule has 2 rings (SSSR count). The van der Waals surface area contributed by atoms with Gasteiger partial charge in [-0.25, -0.2) is 22.3 Å². The summed E-state index contributed by atoms with van der Waals surface area (Å²) in [6, 6.07) is 10.7. The Morgan fingerprint density at radius 2 is 1.65 bits per heavy atom. The summed E-state index contributed by atoms with van der Waals surface area (Å²) >= 11 is 0. The Balaban J connectivity index is 2.08. The molecule has 9 heteroatoms. The van der Waals surface area contributed by atoms with Crippen LogP contribution >= 0.6 is 0 Å². The van der Waals surface area contributed by atoms with Crippen molar-refractivity contribution in [2.75, 3.05) is 19.5 Å². The first-order valence-corrected chi connectivity index (χ1v) is 9.00. The van der Waals surface area contributed by atoms with Crippen molar-refractivity contribution >= 4 is 27.8 Å². The number of nitrogens with zero attached hydrogens (tertiary/aromatic N) is 1. The van der Waals surface area contributed by atoms with E-state index in [0.717, 1.165) is 12.6 Å². The monoisotopic (exact) mass is 377 g/mol. The molecule has 0 unspecified atom stereocenters. The molecule has 138 valence electrons. The lowest BCUT2D eigenvalue weighted by molar-refractivity contribution is 0.223. The maximum absolute atomic E-state index is 12.4. The maximum atomic E-state index is 12.4. The number of nitrogens with one attached hydrogen (secondary N) is 2. The van der Waals surface area contributed by atoms with Gasteiger partial charge in [0.05, 0.1) is 17.7 Å². The van der Waals surface area contributed by atoms with Crippen molar-refractivity contribution in [1.29, 1.82) is 0 Å². The molecule has 0 aliphatic heterocycles. The Labute approximate surface area is 151 Å². The number of carbonyl (C=O) groups excluding carboxylic acids is 2. The number of hydrogen-bond donors (Lipinski definition) is 2. The van der Waals surface area contributed by atoms with Crippen molar-refractivity contribution in [2.24, 2.45) is 0 Å². The summed E-state index contributed by atoms with van der Waals surface area (Å²) < 4.78 is 30.4. The van der Waals surface area contributed by atoms with Crippen LogP contribution in [0.25, 0.3) is 0 Å². The first-order chi connectivity index (χ1) is 12.3. The molecule has 0 heterocycles. The number of methoxy groups -OCH3 is 1. The number of anilines is 1. The zero-order valence-corrected chi connectivity index (χ0v) is 15.3. The number of carbonyl (C=O) groups is 2. The highest BCUT2D eigenvalue weighted by Gasteiger charge is 2.26. The van der Waals surface area contributed by atoms with Crippen LogP contribution < -0.4 is 15.4 Å². The van der Waals surface area contributed by atoms with Crippen molar-refractivity contribution in [3.8, 4) is 5.75 Å². The molecule has 0 atom stereocenters. The van der Waals surface area contributed by atoms with Gasteiger partial charge in [-0.2, -0.15) is 0 Å². The van der Waals surface area contributed by atoms with Crippen LogP contribution in [0.4, 0.5) is 15.3 Å². The molecule has 0 radical (unpaired) electrons. The van der Waals surface area contributed by atoms with E-state index in [0.29, 0.717) is 15.7 Å². The van der Waals surface area contributed by atoms with Gasteiger partial charge in [0, 0.05) is 7.05 Å². The molecule has 0 saturated carbocycles. The smallest absolute Gasteiger partial charge is 0.339 e. The molecule has 26 heavy (non-hydrogen) atoms. The van der Waals surface area contributed by atoms with Crippen LogP contribution in [0.5, 0.6) is 5.75 Å². The van der Waals surface area contributed by atoms with Gasteiger partial charge in [-0.3, -0.25) is 5.32 Å². The summed E-state index contributed by atoms with van der Waals surface area (Å²) in [5, 5.41) is 4.40. The minimum absolute atomic E-state index is 0.0501. The second-order valence-corrected chi connectivity index (χ2v) is 7.34. The van der Waals surface area contributed by atoms with Gasteiger partial charge in [0.2, 0.25) is 0 Å². The predicted molar refractivity (Wildman–Crippen MR) is 96.7 cm³/mol. The van der Waals surface area contributed by atoms with E-state index in [4.69, 9.17) is 4.74 Å². The number of aryl methyl sites for hydroxylation is 1. The summed E-state index contributed by atoms with van der Waals surface area (Å²) in [6.45, 7) is 1.81. The highest BCUT2D eigenvalue weighted by molar-refractivity contribution is 7.89. The average molecular weight is 377 g/mol. The van der Waals surface area contributed by atoms with Crippen LogP contribution in [0.15, 0.2) is 53.4 Å². The molecule has 0 bridgehead atoms. The molecule has 0 spiro atoms. The number of urea groups is 2. The molecule has 0 saturated heterocycles. The maximum Gasteiger partial charge on any atom is 0.339 e. The summed E-state index contributed by atoms with van der Waals surface area (Å²) in [7, 11) is -1.56. The van der Waals surface area contributed by atoms with Gasteiger partial charge in [-0.1, -0.05) is 29.8 Å². The van der Waals surface area contributed by atoms with Gasteiger partial charge in [0.1, 0.15) is 5.75 Å². The van der Waals surface area contributed by atoms with E-state index in [1.165, 1.54) is 19.2 Å². The molecule has 2 aromatic carbocycles. The van der Waals surface area contributed by atoms with Gasteiger partial charge in [-0.15, -0.1) is 0 Å². The highest BCUT2D eigenvalue weighted by Crippen LogP contribution is 2.22. The van der Waals surface area contributed by atoms with Crippen molar-refractivity contribution in [3.63, 3.8) is 0 Å². The van der Waals surface area contributed by atoms with E-state index in [-0.39, 0.29) is 4.90 Å². The first kappa shape index (κ1) is 19.3. The van der Waals surface area contributed by atoms with E-state index in [1.54, 1.807) is 36.4 Å². The molecule has 8 nitrogen and oxygen atoms in total. The minimum atomic E-state index is -4.07. The van der Waals surface area contributed by atoms with Gasteiger partial charge < -0.3 is 10.1 Å². The number of imide groups is 1. The van der Waals surface area contributed by atoms with E-state index in [1.807, 2.05) is 12.2 Å². The number of rotatable bonds is 4. The van der Waals surface area contributed by atoms with Crippen molar-refractivity contribution in [1.82, 2.24) is 9.62 Å². The third kappa shape index (κ3) is 4.31. The standard InChI is InChI=1S/C17H19N3O5S/c1-12-8-10-13(11-9-12)26(23,24)20(2)17(22)19-16(21)18-14-6-4-5-7-15(14)25-3/h4-11H,1-3H3,(H2,18,19,21,22). The molecule has 0 aromatic heterocycles. The number of amides is 4. The van der Waals surface area contributed by atoms with E-state index in [9.17, 15) is 18.0 Å². The fourth-order valence-electron chi connectivity index (χ4n) is 2.05. The van der Waals surface area contributed by atoms with Crippen LogP contribution in [-0.4, -0.2) is 38.9 Å². The van der Waals surface area contributed by atoms with Gasteiger partial charge >= 0.3 is 12.1 Å². The lowest BCUT2D eigenvalue weighted by atomic mass is 10.2. The zero-order chi connectivity index (χ0) is 19.3. The van der Waals surface area contributed by atoms with Crippen molar-refractivity contribution < 1.29 is 22.7 Å². The quantitative estimate of drug-likeness (QED) is 0.852. The minimum Gasteiger partial charge on any atom is -0.495 e. The zero-order valence-electron chi connectivity index (χ0n) is 14.5. The second kappa shape index (κ2) is 7.87. The normalized spacial score (nSPS) is 10.7. The summed E-state index contributed by atoms with van der Waals surface area (Å²) in [6.07, 6.45) is 0. The third-order valence-electron chi connectivity index (χ3n) is 3.54. The second-order valence-electron chi connectivity index (χ2n) is 5.37. The number of sulfonamides is 1. The SMILES string of the molecule is COc1ccccc1NC(=O)NC(=O)N(C)S(=O)(=O)c1ccc(C)cc1. The largest absolute Gasteiger partial charge is 0.495 e. The topological polar surface area (TPSA) is 105 Å². The molecular weight excluding hydrogens is 358 g/mol. The van der Waals surface area contributed by atoms with E-state index in [2.05, 4.69) is 5.32 Å². The van der Waals surface area contributed by atoms with Crippen LogP contribution in [0, 0.1) is 6.92 Å². The lowest BCUT2D eigenvalue weighted by Crippen LogP contribution is -2.45. The lowest BCUT2D eigenvalue weighted by Gasteiger charge is -2.18. The summed E-state index contributed by atoms with van der Waals surface area (Å²) in [4.78, 5) is 24.1. The highest BCUT2D eigenvalue weighted by atomic mass is 32.2. The Morgan fingerprint density at radius 1 is 1.04 bits per heavy atom. The average Bonchev–Trinajstić information content (AvgIpc) is 2.61. The molecule has 2 N–H and O–H groups in total. The number of ether oxygens (including phenoxy) is 1. The van der Waals surface area contributed by atoms with Crippen molar-refractivity contribution in [3.05, 3.63) is 54.1 Å².